The van der Waals surface area contributed by atoms with Crippen molar-refractivity contribution in [3.63, 3.8) is 0 Å². The Hall–Kier alpha value is -14.3. The van der Waals surface area contributed by atoms with Gasteiger partial charge in [0.1, 0.15) is 95.6 Å². The molecule has 6 amide bonds. The Morgan fingerprint density at radius 1 is 0.329 bits per heavy atom. The number of aromatic nitrogens is 4. The van der Waals surface area contributed by atoms with Crippen molar-refractivity contribution in [2.24, 2.45) is 11.5 Å². The zero-order valence-corrected chi connectivity index (χ0v) is 81.6. The molecule has 29 nitrogen and oxygen atoms in total. The number of amides is 6. The monoisotopic (exact) mass is 2070 g/mol. The number of para-hydroxylation sites is 1. The van der Waals surface area contributed by atoms with Gasteiger partial charge >= 0.3 is 24.4 Å². The van der Waals surface area contributed by atoms with Gasteiger partial charge in [0.05, 0.1) is 25.3 Å². The van der Waals surface area contributed by atoms with E-state index in [0.717, 1.165) is 111 Å². The van der Waals surface area contributed by atoms with Crippen LogP contribution in [0.4, 0.5) is 19.2 Å². The van der Waals surface area contributed by atoms with Gasteiger partial charge in [-0.2, -0.15) is 0 Å². The predicted octanol–water partition coefficient (Wildman–Crippen LogP) is 21.0. The van der Waals surface area contributed by atoms with Gasteiger partial charge in [0.15, 0.2) is 19.0 Å². The van der Waals surface area contributed by atoms with E-state index >= 15 is 0 Å². The minimum atomic E-state index is -0.957. The normalized spacial score (nSPS) is 15.5. The molecular formula is C107H93Cl7N10O19. The quantitative estimate of drug-likeness (QED) is 0.0284. The molecule has 8 heterocycles. The Kier molecular flexibility index (Phi) is 31.8. The van der Waals surface area contributed by atoms with E-state index < -0.39 is 72.6 Å². The molecule has 16 aromatic rings. The molecule has 2 unspecified atom stereocenters. The molecule has 143 heavy (non-hydrogen) atoms. The minimum absolute atomic E-state index is 0.0221. The molecular weight excluding hydrogens is 1980 g/mol. The van der Waals surface area contributed by atoms with Crippen LogP contribution < -0.4 is 54.1 Å². The van der Waals surface area contributed by atoms with Crippen LogP contribution in [0, 0.1) is 0 Å². The maximum absolute atomic E-state index is 13.4. The van der Waals surface area contributed by atoms with E-state index in [1.165, 1.54) is 0 Å². The number of aliphatic hydroxyl groups is 4. The molecule has 0 spiro atoms. The number of hydrogen-bond acceptors (Lipinski definition) is 19. The lowest BCUT2D eigenvalue weighted by Gasteiger charge is -2.35. The first kappa shape index (κ1) is 100. The first-order valence-electron chi connectivity index (χ1n) is 45.3. The number of methoxy groups -OCH3 is 1. The highest BCUT2D eigenvalue weighted by Gasteiger charge is 2.42. The van der Waals surface area contributed by atoms with Gasteiger partial charge < -0.3 is 94.5 Å². The van der Waals surface area contributed by atoms with E-state index in [4.69, 9.17) is 146 Å². The number of benzene rings is 12. The van der Waals surface area contributed by atoms with Gasteiger partial charge in [0.25, 0.3) is 11.8 Å². The van der Waals surface area contributed by atoms with E-state index in [1.54, 1.807) is 172 Å². The molecule has 734 valence electrons. The van der Waals surface area contributed by atoms with Gasteiger partial charge in [0.2, 0.25) is 0 Å². The van der Waals surface area contributed by atoms with Crippen molar-refractivity contribution in [2.45, 2.75) is 62.1 Å². The standard InChI is InChI=1S/2C27H24Cl2N2O5.C27H24ClN3O5.C26H21Cl2N3O4/c2*28-17-3-8-21(9-4-17)36-27(34)31-12-11-22-23-13-18(29)5-10-24(23)30-25(22)26(31)16-1-6-20(7-2-16)35-15-19(33)14-32;1-34-18-7-9-20(10-8-18)36-27(33)31-13-12-21-22-14-17(28)4-11-23(22)30-25(21)26(31)16-2-5-19(6-3-16)35-15-24(29)32;27-16-7-10-21-19(13-16)18-11-12-31(26(33)35-22-4-2-1-3-20(22)28)25(24(18)30-21)15-5-8-17(9-6-15)34-14-23(29)32/h2*1-10,13,19,26,30,32-33H,11-12,14-15H2;2-11,14,26,30H,12-13,15H2,1H3,(H2,29,32);1-10,13,25,30H,11-12,14H2,(H2,29,32)/t19-,26+;19-,26-;;/m10../s1. The molecule has 6 atom stereocenters. The third kappa shape index (κ3) is 23.5. The summed E-state index contributed by atoms with van der Waals surface area (Å²) in [6.07, 6.45) is -1.30. The molecule has 12 N–H and O–H groups in total. The number of primary amides is 2. The fraction of sp³-hybridized carbons (Fsp3) is 0.196. The van der Waals surface area contributed by atoms with E-state index in [0.29, 0.717) is 139 Å². The van der Waals surface area contributed by atoms with Crippen molar-refractivity contribution >= 4 is 161 Å². The highest BCUT2D eigenvalue weighted by Crippen LogP contribution is 2.47. The number of aromatic amines is 4. The van der Waals surface area contributed by atoms with Crippen LogP contribution in [-0.2, 0) is 35.3 Å². The number of H-pyrrole nitrogens is 4. The number of carbonyl (C=O) groups excluding carboxylic acids is 6. The highest BCUT2D eigenvalue weighted by atomic mass is 35.5. The predicted molar refractivity (Wildman–Crippen MR) is 546 cm³/mol. The summed E-state index contributed by atoms with van der Waals surface area (Å²) >= 11 is 43.2. The number of hydrogen-bond donors (Lipinski definition) is 10. The number of carbonyl (C=O) groups is 6. The topological polar surface area (TPSA) is 395 Å². The van der Waals surface area contributed by atoms with Gasteiger partial charge in [0, 0.05) is 123 Å². The zero-order valence-electron chi connectivity index (χ0n) is 76.3. The van der Waals surface area contributed by atoms with Crippen molar-refractivity contribution in [2.75, 3.05) is 72.9 Å². The molecule has 36 heteroatoms. The van der Waals surface area contributed by atoms with Gasteiger partial charge in [-0.3, -0.25) is 29.2 Å². The third-order valence-corrected chi connectivity index (χ3v) is 26.2. The number of halogens is 7. The average molecular weight is 2070 g/mol. The fourth-order valence-corrected chi connectivity index (χ4v) is 18.9. The fourth-order valence-electron chi connectivity index (χ4n) is 17.8. The summed E-state index contributed by atoms with van der Waals surface area (Å²) in [7, 11) is 1.58. The third-order valence-electron chi connectivity index (χ3n) is 24.5. The minimum Gasteiger partial charge on any atom is -0.497 e. The van der Waals surface area contributed by atoms with Crippen LogP contribution >= 0.6 is 81.2 Å². The molecule has 0 radical (unpaired) electrons. The second kappa shape index (κ2) is 45.3. The summed E-state index contributed by atoms with van der Waals surface area (Å²) in [5.41, 5.74) is 25.5. The molecule has 0 bridgehead atoms. The van der Waals surface area contributed by atoms with Gasteiger partial charge in [-0.1, -0.05) is 142 Å². The summed E-state index contributed by atoms with van der Waals surface area (Å²) in [5, 5.41) is 45.3. The molecule has 4 aliphatic rings. The maximum Gasteiger partial charge on any atom is 0.416 e. The smallest absolute Gasteiger partial charge is 0.416 e. The second-order valence-corrected chi connectivity index (χ2v) is 36.8. The van der Waals surface area contributed by atoms with Gasteiger partial charge in [-0.15, -0.1) is 0 Å². The summed E-state index contributed by atoms with van der Waals surface area (Å²) in [6, 6.07) is 77.1. The van der Waals surface area contributed by atoms with Crippen molar-refractivity contribution in [3.8, 4) is 51.7 Å². The molecule has 0 saturated carbocycles. The van der Waals surface area contributed by atoms with Crippen LogP contribution in [0.1, 0.15) is 91.5 Å². The van der Waals surface area contributed by atoms with E-state index in [2.05, 4.69) is 19.9 Å². The van der Waals surface area contributed by atoms with E-state index in [1.807, 2.05) is 121 Å². The van der Waals surface area contributed by atoms with Crippen LogP contribution in [0.3, 0.4) is 0 Å². The first-order chi connectivity index (χ1) is 69.2. The maximum atomic E-state index is 13.4. The van der Waals surface area contributed by atoms with Gasteiger partial charge in [-0.05, 0) is 276 Å². The van der Waals surface area contributed by atoms with Crippen LogP contribution in [0.5, 0.6) is 51.7 Å². The van der Waals surface area contributed by atoms with Crippen molar-refractivity contribution in [3.05, 3.63) is 369 Å². The highest BCUT2D eigenvalue weighted by molar-refractivity contribution is 6.33. The number of ether oxygens (including phenoxy) is 9. The molecule has 20 rings (SSSR count). The number of nitrogens with one attached hydrogen (secondary N) is 4. The SMILES string of the molecule is COc1ccc(OC(=O)N2CCc3c([nH]c4ccc(Cl)cc34)C2c2ccc(OCC(N)=O)cc2)cc1.NC(=O)COc1ccc(C2c3[nH]c4ccc(Cl)cc4c3CCN2C(=O)Oc2ccccc2Cl)cc1.O=C(Oc1ccc(Cl)cc1)N1CCc2c([nH]c3ccc(Cl)cc23)[C@@H]1c1ccc(OC[C@@H](O)CO)cc1.O=C(Oc1ccc(Cl)cc1)N1CCc2c([nH]c3ccc(Cl)cc23)[C@@H]1c1ccc(OC[C@H](O)CO)cc1. The Morgan fingerprint density at radius 3 is 0.853 bits per heavy atom. The van der Waals surface area contributed by atoms with Crippen molar-refractivity contribution < 1.29 is 91.8 Å². The molecule has 12 aromatic carbocycles. The molecule has 4 aromatic heterocycles. The Balaban J connectivity index is 0.000000131. The lowest BCUT2D eigenvalue weighted by atomic mass is 9.92. The molecule has 0 saturated heterocycles. The number of fused-ring (bicyclic) bond motifs is 12. The van der Waals surface area contributed by atoms with Crippen molar-refractivity contribution in [1.82, 2.24) is 39.5 Å². The second-order valence-electron chi connectivity index (χ2n) is 33.8. The average Bonchev–Trinajstić information content (AvgIpc) is 1.62. The van der Waals surface area contributed by atoms with Crippen LogP contribution in [0.15, 0.2) is 267 Å². The van der Waals surface area contributed by atoms with E-state index in [9.17, 15) is 39.0 Å². The Morgan fingerprint density at radius 2 is 0.580 bits per heavy atom. The summed E-state index contributed by atoms with van der Waals surface area (Å²) in [4.78, 5) is 96.3. The first-order valence-corrected chi connectivity index (χ1v) is 47.9. The Labute approximate surface area is 853 Å². The van der Waals surface area contributed by atoms with E-state index in [-0.39, 0.29) is 39.6 Å². The van der Waals surface area contributed by atoms with Crippen molar-refractivity contribution in [1.29, 1.82) is 0 Å². The lowest BCUT2D eigenvalue weighted by molar-refractivity contribution is -0.120. The van der Waals surface area contributed by atoms with Crippen LogP contribution in [-0.4, -0.2) is 181 Å². The molecule has 4 aliphatic heterocycles. The summed E-state index contributed by atoms with van der Waals surface area (Å²) < 4.78 is 49.8. The lowest BCUT2D eigenvalue weighted by Crippen LogP contribution is -2.42. The number of nitrogens with zero attached hydrogens (tertiary/aromatic N) is 4. The molecule has 0 aliphatic carbocycles. The number of nitrogens with two attached hydrogens (primary N) is 2. The molecule has 0 fully saturated rings. The zero-order chi connectivity index (χ0) is 100. The largest absolute Gasteiger partial charge is 0.497 e. The Bertz CT molecular complexity index is 7090. The summed E-state index contributed by atoms with van der Waals surface area (Å²) in [5.74, 6) is 3.17. The summed E-state index contributed by atoms with van der Waals surface area (Å²) in [6.45, 7) is 0.553. The number of aliphatic hydroxyl groups excluding tert-OH is 4. The van der Waals surface area contributed by atoms with Crippen LogP contribution in [0.2, 0.25) is 35.2 Å². The number of rotatable bonds is 23. The van der Waals surface area contributed by atoms with Crippen LogP contribution in [0.25, 0.3) is 43.6 Å². The van der Waals surface area contributed by atoms with Gasteiger partial charge in [-0.25, -0.2) is 19.2 Å².